The maximum Gasteiger partial charge on any atom is 0.227 e. The Labute approximate surface area is 155 Å². The lowest BCUT2D eigenvalue weighted by Gasteiger charge is -2.07. The second-order valence-corrected chi connectivity index (χ2v) is 6.29. The summed E-state index contributed by atoms with van der Waals surface area (Å²) in [6.45, 7) is 2.02. The van der Waals surface area contributed by atoms with Gasteiger partial charge in [-0.05, 0) is 41.8 Å². The third-order valence-electron chi connectivity index (χ3n) is 4.26. The van der Waals surface area contributed by atoms with E-state index in [1.807, 2.05) is 19.3 Å². The van der Waals surface area contributed by atoms with Crippen molar-refractivity contribution in [1.29, 1.82) is 0 Å². The Balaban J connectivity index is 1.50. The van der Waals surface area contributed by atoms with Crippen LogP contribution in [0.4, 0.5) is 16.0 Å². The van der Waals surface area contributed by atoms with Gasteiger partial charge in [0, 0.05) is 48.3 Å². The van der Waals surface area contributed by atoms with E-state index in [2.05, 4.69) is 31.3 Å². The number of rotatable bonds is 5. The first-order valence-electron chi connectivity index (χ1n) is 8.46. The predicted molar refractivity (Wildman–Crippen MR) is 102 cm³/mol. The molecule has 2 N–H and O–H groups in total. The molecule has 4 rings (SSSR count). The van der Waals surface area contributed by atoms with Gasteiger partial charge in [0.25, 0.3) is 0 Å². The van der Waals surface area contributed by atoms with Crippen molar-refractivity contribution in [2.24, 2.45) is 0 Å². The molecule has 3 heterocycles. The number of nitrogens with one attached hydrogen (secondary N) is 2. The summed E-state index contributed by atoms with van der Waals surface area (Å²) in [5.74, 6) is 0.155. The molecule has 0 aliphatic carbocycles. The summed E-state index contributed by atoms with van der Waals surface area (Å²) in [6, 6.07) is 6.72. The van der Waals surface area contributed by atoms with Crippen molar-refractivity contribution in [2.45, 2.75) is 13.3 Å². The molecule has 0 spiro atoms. The monoisotopic (exact) mass is 363 g/mol. The van der Waals surface area contributed by atoms with Crippen LogP contribution < -0.4 is 10.1 Å². The minimum Gasteiger partial charge on any atom is -0.494 e. The number of hydrogen-bond acceptors (Lipinski definition) is 5. The Morgan fingerprint density at radius 2 is 1.93 bits per heavy atom. The first kappa shape index (κ1) is 17.0. The molecule has 0 radical (unpaired) electrons. The van der Waals surface area contributed by atoms with E-state index < -0.39 is 5.82 Å². The summed E-state index contributed by atoms with van der Waals surface area (Å²) in [5.41, 5.74) is 4.66. The molecule has 0 aliphatic heterocycles. The van der Waals surface area contributed by atoms with Crippen LogP contribution >= 0.6 is 0 Å². The lowest BCUT2D eigenvalue weighted by atomic mass is 10.1. The first-order valence-corrected chi connectivity index (χ1v) is 8.46. The van der Waals surface area contributed by atoms with Gasteiger partial charge < -0.3 is 15.0 Å². The number of aryl methyl sites for hydroxylation is 1. The maximum absolute atomic E-state index is 13.8. The van der Waals surface area contributed by atoms with Crippen LogP contribution in [0, 0.1) is 12.7 Å². The zero-order chi connectivity index (χ0) is 18.8. The average Bonchev–Trinajstić information content (AvgIpc) is 3.05. The molecule has 3 aromatic heterocycles. The van der Waals surface area contributed by atoms with Crippen molar-refractivity contribution < 1.29 is 9.13 Å². The highest BCUT2D eigenvalue weighted by Gasteiger charge is 2.08. The number of methoxy groups -OCH3 is 1. The molecule has 0 aliphatic rings. The van der Waals surface area contributed by atoms with E-state index in [9.17, 15) is 4.39 Å². The normalized spacial score (nSPS) is 10.9. The van der Waals surface area contributed by atoms with Crippen molar-refractivity contribution in [2.75, 3.05) is 12.4 Å². The van der Waals surface area contributed by atoms with Crippen LogP contribution in [0.2, 0.25) is 0 Å². The number of anilines is 2. The fourth-order valence-corrected chi connectivity index (χ4v) is 2.91. The van der Waals surface area contributed by atoms with Gasteiger partial charge in [0.15, 0.2) is 11.6 Å². The van der Waals surface area contributed by atoms with Crippen LogP contribution in [-0.4, -0.2) is 27.0 Å². The number of nitrogens with zero attached hydrogens (tertiary/aromatic N) is 3. The molecule has 0 atom stereocenters. The van der Waals surface area contributed by atoms with E-state index in [1.165, 1.54) is 13.2 Å². The summed E-state index contributed by atoms with van der Waals surface area (Å²) in [7, 11) is 1.43. The van der Waals surface area contributed by atoms with Gasteiger partial charge in [-0.2, -0.15) is 0 Å². The molecule has 0 fully saturated rings. The smallest absolute Gasteiger partial charge is 0.227 e. The van der Waals surface area contributed by atoms with E-state index in [0.717, 1.165) is 27.7 Å². The van der Waals surface area contributed by atoms with E-state index in [4.69, 9.17) is 4.74 Å². The molecule has 0 saturated carbocycles. The Morgan fingerprint density at radius 1 is 1.11 bits per heavy atom. The zero-order valence-corrected chi connectivity index (χ0v) is 15.0. The van der Waals surface area contributed by atoms with Crippen LogP contribution in [0.5, 0.6) is 5.75 Å². The Bertz CT molecular complexity index is 1090. The quantitative estimate of drug-likeness (QED) is 0.557. The topological polar surface area (TPSA) is 75.7 Å². The Morgan fingerprint density at radius 3 is 2.67 bits per heavy atom. The molecule has 7 heteroatoms. The number of halogens is 1. The van der Waals surface area contributed by atoms with Crippen molar-refractivity contribution in [3.63, 3.8) is 0 Å². The minimum atomic E-state index is -0.442. The van der Waals surface area contributed by atoms with Gasteiger partial charge in [0.05, 0.1) is 7.11 Å². The van der Waals surface area contributed by atoms with E-state index in [0.29, 0.717) is 18.1 Å². The van der Waals surface area contributed by atoms with Gasteiger partial charge >= 0.3 is 0 Å². The van der Waals surface area contributed by atoms with Gasteiger partial charge in [-0.25, -0.2) is 19.3 Å². The Hall–Kier alpha value is -3.48. The largest absolute Gasteiger partial charge is 0.494 e. The number of fused-ring (bicyclic) bond motifs is 1. The number of pyridine rings is 1. The zero-order valence-electron chi connectivity index (χ0n) is 15.0. The predicted octanol–water partition coefficient (Wildman–Crippen LogP) is 4.14. The number of ether oxygens (including phenoxy) is 1. The number of benzene rings is 1. The lowest BCUT2D eigenvalue weighted by Crippen LogP contribution is -1.99. The number of H-pyrrole nitrogens is 1. The fourth-order valence-electron chi connectivity index (χ4n) is 2.91. The summed E-state index contributed by atoms with van der Waals surface area (Å²) in [5, 5.41) is 4.09. The summed E-state index contributed by atoms with van der Waals surface area (Å²) < 4.78 is 18.7. The molecular weight excluding hydrogens is 345 g/mol. The molecule has 6 nitrogen and oxygen atoms in total. The molecule has 0 bridgehead atoms. The van der Waals surface area contributed by atoms with Gasteiger partial charge in [0.1, 0.15) is 5.65 Å². The third-order valence-corrected chi connectivity index (χ3v) is 4.26. The SMILES string of the molecule is COc1ccc(Nc2ncc(Cc3c[nH]c4ncc(C)cc34)cn2)cc1F. The average molecular weight is 363 g/mol. The molecular formula is C20H18FN5O. The highest BCUT2D eigenvalue weighted by atomic mass is 19.1. The highest BCUT2D eigenvalue weighted by Crippen LogP contribution is 2.23. The number of aromatic amines is 1. The molecule has 0 unspecified atom stereocenters. The van der Waals surface area contributed by atoms with Crippen LogP contribution in [0.3, 0.4) is 0 Å². The van der Waals surface area contributed by atoms with Crippen molar-refractivity contribution in [3.8, 4) is 5.75 Å². The van der Waals surface area contributed by atoms with Gasteiger partial charge in [0.2, 0.25) is 5.95 Å². The third kappa shape index (κ3) is 3.57. The van der Waals surface area contributed by atoms with E-state index >= 15 is 0 Å². The van der Waals surface area contributed by atoms with E-state index in [1.54, 1.807) is 24.5 Å². The van der Waals surface area contributed by atoms with Crippen molar-refractivity contribution in [3.05, 3.63) is 71.6 Å². The summed E-state index contributed by atoms with van der Waals surface area (Å²) in [4.78, 5) is 16.2. The summed E-state index contributed by atoms with van der Waals surface area (Å²) >= 11 is 0. The minimum absolute atomic E-state index is 0.195. The van der Waals surface area contributed by atoms with Gasteiger partial charge in [-0.1, -0.05) is 0 Å². The molecule has 1 aromatic carbocycles. The van der Waals surface area contributed by atoms with Crippen LogP contribution in [-0.2, 0) is 6.42 Å². The van der Waals surface area contributed by atoms with Crippen LogP contribution in [0.15, 0.2) is 49.1 Å². The van der Waals surface area contributed by atoms with Gasteiger partial charge in [-0.3, -0.25) is 0 Å². The van der Waals surface area contributed by atoms with Gasteiger partial charge in [-0.15, -0.1) is 0 Å². The summed E-state index contributed by atoms with van der Waals surface area (Å²) in [6.07, 6.45) is 8.02. The second-order valence-electron chi connectivity index (χ2n) is 6.29. The van der Waals surface area contributed by atoms with Crippen molar-refractivity contribution in [1.82, 2.24) is 19.9 Å². The van der Waals surface area contributed by atoms with Crippen molar-refractivity contribution >= 4 is 22.7 Å². The maximum atomic E-state index is 13.8. The van der Waals surface area contributed by atoms with E-state index in [-0.39, 0.29) is 5.75 Å². The standard InChI is InChI=1S/C20H18FN5O/c1-12-5-16-14(11-23-19(16)22-8-12)6-13-9-24-20(25-10-13)26-15-3-4-18(27-2)17(21)7-15/h3-5,7-11H,6H2,1-2H3,(H,22,23)(H,24,25,26). The lowest BCUT2D eigenvalue weighted by molar-refractivity contribution is 0.386. The molecule has 136 valence electrons. The molecule has 0 saturated heterocycles. The van der Waals surface area contributed by atoms with Crippen LogP contribution in [0.25, 0.3) is 11.0 Å². The molecule has 27 heavy (non-hydrogen) atoms. The molecule has 0 amide bonds. The fraction of sp³-hybridized carbons (Fsp3) is 0.150. The number of hydrogen-bond donors (Lipinski definition) is 2. The highest BCUT2D eigenvalue weighted by molar-refractivity contribution is 5.80. The second kappa shape index (κ2) is 7.03. The Kier molecular flexibility index (Phi) is 4.42. The van der Waals surface area contributed by atoms with Crippen LogP contribution in [0.1, 0.15) is 16.7 Å². The first-order chi connectivity index (χ1) is 13.1. The molecule has 4 aromatic rings. The number of aromatic nitrogens is 4.